The summed E-state index contributed by atoms with van der Waals surface area (Å²) in [5.74, 6) is 0.685. The van der Waals surface area contributed by atoms with E-state index < -0.39 is 16.9 Å². The summed E-state index contributed by atoms with van der Waals surface area (Å²) >= 11 is 0. The third-order valence-corrected chi connectivity index (χ3v) is 10.9. The van der Waals surface area contributed by atoms with Gasteiger partial charge in [-0.05, 0) is 77.4 Å². The minimum atomic E-state index is -1.39. The Labute approximate surface area is 304 Å². The maximum Gasteiger partial charge on any atom is 0.250 e. The molecule has 7 nitrogen and oxygen atoms in total. The number of piperidine rings is 1. The molecular weight excluding hydrogens is 647 g/mol. The van der Waals surface area contributed by atoms with E-state index >= 15 is 4.79 Å². The molecule has 52 heavy (non-hydrogen) atoms. The highest BCUT2D eigenvalue weighted by Gasteiger charge is 2.74. The number of hydrogen-bond acceptors (Lipinski definition) is 6. The number of hydrogen-bond donors (Lipinski definition) is 2. The number of nitrogens with zero attached hydrogens (tertiary/aromatic N) is 1. The lowest BCUT2D eigenvalue weighted by Crippen LogP contribution is -2.65. The van der Waals surface area contributed by atoms with Crippen molar-refractivity contribution in [2.45, 2.75) is 23.9 Å². The standard InChI is InChI=1S/C45H41N3O4/c1-51-36-19-11-17-33(26-36)25-35-29-48(24-23-31-13-5-3-6-14-31)30-44(42(35)49)41(34-18-12-20-37(28-34)52-2)40(27-32-15-7-4-8-16-32)47-45(44)38-21-9-10-22-39(38)46-43(45)50/h3-26,28,40-41,47H,27,29-30H2,1-2H3,(H,46,50)/b24-23+,35-25+/t40-,41-,44-,45?/m1/s1. The molecule has 8 rings (SSSR count). The molecule has 2 N–H and O–H groups in total. The lowest BCUT2D eigenvalue weighted by molar-refractivity contribution is -0.141. The van der Waals surface area contributed by atoms with Crippen molar-refractivity contribution in [2.75, 3.05) is 32.6 Å². The zero-order chi connectivity index (χ0) is 35.7. The second kappa shape index (κ2) is 13.7. The third-order valence-electron chi connectivity index (χ3n) is 10.9. The maximum atomic E-state index is 16.0. The molecule has 0 aliphatic carbocycles. The Bertz CT molecular complexity index is 2180. The van der Waals surface area contributed by atoms with E-state index in [1.165, 1.54) is 0 Å². The molecule has 0 aromatic heterocycles. The quantitative estimate of drug-likeness (QED) is 0.165. The normalized spacial score (nSPS) is 24.5. The van der Waals surface area contributed by atoms with Gasteiger partial charge in [0.1, 0.15) is 17.0 Å². The van der Waals surface area contributed by atoms with Gasteiger partial charge in [0.05, 0.1) is 19.6 Å². The van der Waals surface area contributed by atoms with Gasteiger partial charge >= 0.3 is 0 Å². The monoisotopic (exact) mass is 687 g/mol. The molecule has 0 bridgehead atoms. The van der Waals surface area contributed by atoms with E-state index in [0.29, 0.717) is 42.3 Å². The molecule has 0 saturated carbocycles. The SMILES string of the molecule is COc1cccc(/C=C2\CN(/C=C/c3ccccc3)C[C@]3(C2=O)[C@H](c2cccc(OC)c2)[C@@H](Cc2ccccc2)NC32C(=O)Nc3ccccc32)c1. The number of benzene rings is 5. The van der Waals surface area contributed by atoms with Crippen LogP contribution < -0.4 is 20.1 Å². The van der Waals surface area contributed by atoms with E-state index in [0.717, 1.165) is 27.8 Å². The van der Waals surface area contributed by atoms with Gasteiger partial charge in [0.2, 0.25) is 0 Å². The fourth-order valence-electron chi connectivity index (χ4n) is 8.76. The van der Waals surface area contributed by atoms with Gasteiger partial charge in [0.15, 0.2) is 5.78 Å². The highest BCUT2D eigenvalue weighted by Crippen LogP contribution is 2.63. The molecule has 2 saturated heterocycles. The Kier molecular flexibility index (Phi) is 8.73. The highest BCUT2D eigenvalue weighted by molar-refractivity contribution is 6.16. The molecule has 3 aliphatic heterocycles. The lowest BCUT2D eigenvalue weighted by atomic mass is 9.55. The second-order valence-electron chi connectivity index (χ2n) is 13.8. The number of para-hydroxylation sites is 1. The Balaban J connectivity index is 1.40. The zero-order valence-electron chi connectivity index (χ0n) is 29.3. The van der Waals surface area contributed by atoms with Gasteiger partial charge in [-0.25, -0.2) is 0 Å². The molecule has 3 heterocycles. The molecular formula is C45H41N3O4. The lowest BCUT2D eigenvalue weighted by Gasteiger charge is -2.50. The van der Waals surface area contributed by atoms with Crippen molar-refractivity contribution in [1.82, 2.24) is 10.2 Å². The summed E-state index contributed by atoms with van der Waals surface area (Å²) in [4.78, 5) is 33.2. The van der Waals surface area contributed by atoms with Crippen LogP contribution >= 0.6 is 0 Å². The van der Waals surface area contributed by atoms with E-state index in [1.807, 2.05) is 109 Å². The van der Waals surface area contributed by atoms with Crippen molar-refractivity contribution in [3.05, 3.63) is 173 Å². The van der Waals surface area contributed by atoms with Crippen molar-refractivity contribution >= 4 is 29.5 Å². The number of carbonyl (C=O) groups is 2. The van der Waals surface area contributed by atoms with Crippen LogP contribution in [-0.2, 0) is 21.5 Å². The van der Waals surface area contributed by atoms with Crippen LogP contribution in [0.4, 0.5) is 5.69 Å². The number of fused-ring (bicyclic) bond motifs is 3. The van der Waals surface area contributed by atoms with Crippen molar-refractivity contribution in [3.8, 4) is 11.5 Å². The van der Waals surface area contributed by atoms with E-state index in [9.17, 15) is 4.79 Å². The zero-order valence-corrected chi connectivity index (χ0v) is 29.3. The van der Waals surface area contributed by atoms with Crippen LogP contribution in [0.2, 0.25) is 0 Å². The Morgan fingerprint density at radius 2 is 1.44 bits per heavy atom. The minimum Gasteiger partial charge on any atom is -0.497 e. The van der Waals surface area contributed by atoms with Gasteiger partial charge in [-0.15, -0.1) is 0 Å². The predicted molar refractivity (Wildman–Crippen MR) is 205 cm³/mol. The van der Waals surface area contributed by atoms with Crippen molar-refractivity contribution in [1.29, 1.82) is 0 Å². The Morgan fingerprint density at radius 3 is 2.21 bits per heavy atom. The van der Waals surface area contributed by atoms with Crippen LogP contribution in [-0.4, -0.2) is 49.9 Å². The number of likely N-dealkylation sites (tertiary alicyclic amines) is 1. The number of amides is 1. The van der Waals surface area contributed by atoms with Crippen molar-refractivity contribution < 1.29 is 19.1 Å². The number of ketones is 1. The third kappa shape index (κ3) is 5.58. The van der Waals surface area contributed by atoms with E-state index in [1.54, 1.807) is 14.2 Å². The number of ether oxygens (including phenoxy) is 2. The largest absolute Gasteiger partial charge is 0.497 e. The van der Waals surface area contributed by atoms with E-state index in [4.69, 9.17) is 9.47 Å². The van der Waals surface area contributed by atoms with Crippen LogP contribution in [0, 0.1) is 5.41 Å². The van der Waals surface area contributed by atoms with Crippen molar-refractivity contribution in [2.24, 2.45) is 5.41 Å². The minimum absolute atomic E-state index is 0.0533. The molecule has 2 fully saturated rings. The smallest absolute Gasteiger partial charge is 0.250 e. The first-order valence-corrected chi connectivity index (χ1v) is 17.7. The summed E-state index contributed by atoms with van der Waals surface area (Å²) in [5, 5.41) is 7.13. The molecule has 3 aliphatic rings. The van der Waals surface area contributed by atoms with Crippen LogP contribution in [0.15, 0.2) is 145 Å². The average Bonchev–Trinajstić information content (AvgIpc) is 3.63. The number of Topliss-reactive ketones (excluding diaryl/α,β-unsaturated/α-hetero) is 1. The van der Waals surface area contributed by atoms with Crippen LogP contribution in [0.25, 0.3) is 12.2 Å². The number of anilines is 1. The first-order chi connectivity index (χ1) is 25.4. The molecule has 0 radical (unpaired) electrons. The fraction of sp³-hybridized carbons (Fsp3) is 0.200. The van der Waals surface area contributed by atoms with Crippen molar-refractivity contribution in [3.63, 3.8) is 0 Å². The Hall–Kier alpha value is -5.92. The molecule has 4 atom stereocenters. The summed E-state index contributed by atoms with van der Waals surface area (Å²) in [6, 6.07) is 43.6. The summed E-state index contributed by atoms with van der Waals surface area (Å²) in [5.41, 5.74) is 3.37. The van der Waals surface area contributed by atoms with Crippen LogP contribution in [0.3, 0.4) is 0 Å². The fourth-order valence-corrected chi connectivity index (χ4v) is 8.76. The number of rotatable bonds is 8. The van der Waals surface area contributed by atoms with E-state index in [-0.39, 0.29) is 17.7 Å². The molecule has 260 valence electrons. The predicted octanol–water partition coefficient (Wildman–Crippen LogP) is 7.48. The number of methoxy groups -OCH3 is 2. The molecule has 5 aromatic carbocycles. The van der Waals surface area contributed by atoms with Crippen LogP contribution in [0.5, 0.6) is 11.5 Å². The number of carbonyl (C=O) groups excluding carboxylic acids is 2. The van der Waals surface area contributed by atoms with Gasteiger partial charge in [0.25, 0.3) is 5.91 Å². The summed E-state index contributed by atoms with van der Waals surface area (Å²) in [7, 11) is 3.29. The topological polar surface area (TPSA) is 79.9 Å². The van der Waals surface area contributed by atoms with Gasteiger partial charge in [-0.1, -0.05) is 103 Å². The van der Waals surface area contributed by atoms with Gasteiger partial charge < -0.3 is 19.7 Å². The first kappa shape index (κ1) is 33.2. The molecule has 2 spiro atoms. The summed E-state index contributed by atoms with van der Waals surface area (Å²) < 4.78 is 11.3. The summed E-state index contributed by atoms with van der Waals surface area (Å²) in [6.07, 6.45) is 6.72. The maximum absolute atomic E-state index is 16.0. The molecule has 1 unspecified atom stereocenters. The first-order valence-electron chi connectivity index (χ1n) is 17.7. The average molecular weight is 688 g/mol. The van der Waals surface area contributed by atoms with Gasteiger partial charge in [0, 0.05) is 41.9 Å². The number of nitrogens with one attached hydrogen (secondary N) is 2. The molecule has 5 aromatic rings. The highest BCUT2D eigenvalue weighted by atomic mass is 16.5. The summed E-state index contributed by atoms with van der Waals surface area (Å²) in [6.45, 7) is 0.668. The van der Waals surface area contributed by atoms with Crippen LogP contribution in [0.1, 0.15) is 33.7 Å². The molecule has 7 heteroatoms. The van der Waals surface area contributed by atoms with E-state index in [2.05, 4.69) is 58.1 Å². The Morgan fingerprint density at radius 1 is 0.769 bits per heavy atom. The molecule has 1 amide bonds. The van der Waals surface area contributed by atoms with Gasteiger partial charge in [-0.3, -0.25) is 14.9 Å². The van der Waals surface area contributed by atoms with Gasteiger partial charge in [-0.2, -0.15) is 0 Å². The second-order valence-corrected chi connectivity index (χ2v) is 13.8.